The highest BCUT2D eigenvalue weighted by Gasteiger charge is 2.34. The highest BCUT2D eigenvalue weighted by molar-refractivity contribution is 9.10. The van der Waals surface area contributed by atoms with Gasteiger partial charge in [-0.15, -0.1) is 0 Å². The molecule has 0 spiro atoms. The molecular formula is C31H31BrN2O11S. The first-order valence-corrected chi connectivity index (χ1v) is 15.5. The standard InChI is InChI=1S/C31H31BrN2O11S/c1-6-42-21-13-18(8-9-20(21)44-15-25(37)41-5)27-26(30(39)43-7-2)16(3)33-31-34(27)29(38)23(46-31)12-17-10-19(32)28(22(11-17)40-4)45-14-24(35)36/h8-13,27H,6-7,14-15H2,1-5H3,(H,35,36)/b23-12-/t27-/m0/s1. The van der Waals surface area contributed by atoms with Crippen LogP contribution in [0.2, 0.25) is 0 Å². The molecule has 0 radical (unpaired) electrons. The van der Waals surface area contributed by atoms with E-state index in [0.717, 1.165) is 11.3 Å². The van der Waals surface area contributed by atoms with Crippen LogP contribution >= 0.6 is 27.3 Å². The van der Waals surface area contributed by atoms with E-state index >= 15 is 0 Å². The van der Waals surface area contributed by atoms with E-state index in [1.165, 1.54) is 18.8 Å². The number of halogens is 1. The monoisotopic (exact) mass is 718 g/mol. The third kappa shape index (κ3) is 7.42. The summed E-state index contributed by atoms with van der Waals surface area (Å²) < 4.78 is 34.3. The molecule has 0 fully saturated rings. The van der Waals surface area contributed by atoms with Crippen molar-refractivity contribution in [3.63, 3.8) is 0 Å². The molecule has 0 saturated carbocycles. The van der Waals surface area contributed by atoms with Gasteiger partial charge in [0, 0.05) is 0 Å². The molecule has 3 aromatic rings. The van der Waals surface area contributed by atoms with E-state index in [0.29, 0.717) is 36.4 Å². The van der Waals surface area contributed by atoms with Crippen LogP contribution in [0.3, 0.4) is 0 Å². The van der Waals surface area contributed by atoms with Gasteiger partial charge in [0.15, 0.2) is 41.0 Å². The quantitative estimate of drug-likeness (QED) is 0.259. The van der Waals surface area contributed by atoms with Gasteiger partial charge < -0.3 is 33.5 Å². The largest absolute Gasteiger partial charge is 0.493 e. The molecule has 1 aromatic heterocycles. The minimum absolute atomic E-state index is 0.111. The number of methoxy groups -OCH3 is 2. The van der Waals surface area contributed by atoms with Crippen molar-refractivity contribution in [2.75, 3.05) is 40.6 Å². The predicted octanol–water partition coefficient (Wildman–Crippen LogP) is 2.98. The fourth-order valence-corrected chi connectivity index (χ4v) is 6.25. The molecule has 15 heteroatoms. The number of nitrogens with zero attached hydrogens (tertiary/aromatic N) is 2. The van der Waals surface area contributed by atoms with Crippen LogP contribution in [0, 0.1) is 0 Å². The van der Waals surface area contributed by atoms with Gasteiger partial charge in [-0.05, 0) is 78.2 Å². The number of carbonyl (C=O) groups is 3. The molecule has 1 aliphatic heterocycles. The summed E-state index contributed by atoms with van der Waals surface area (Å²) >= 11 is 4.52. The Balaban J connectivity index is 1.88. The van der Waals surface area contributed by atoms with Gasteiger partial charge >= 0.3 is 17.9 Å². The fraction of sp³-hybridized carbons (Fsp3) is 0.323. The number of fused-ring (bicyclic) bond motifs is 1. The second-order valence-corrected chi connectivity index (χ2v) is 11.4. The van der Waals surface area contributed by atoms with Gasteiger partial charge in [-0.25, -0.2) is 19.4 Å². The molecule has 1 N–H and O–H groups in total. The number of carboxylic acid groups (broad SMARTS) is 1. The van der Waals surface area contributed by atoms with Crippen LogP contribution in [-0.2, 0) is 23.9 Å². The predicted molar refractivity (Wildman–Crippen MR) is 169 cm³/mol. The summed E-state index contributed by atoms with van der Waals surface area (Å²) in [5.74, 6) is -1.33. The zero-order valence-corrected chi connectivity index (χ0v) is 28.0. The minimum atomic E-state index is -1.15. The van der Waals surface area contributed by atoms with Crippen LogP contribution in [0.1, 0.15) is 37.9 Å². The number of aromatic nitrogens is 1. The first-order chi connectivity index (χ1) is 22.0. The van der Waals surface area contributed by atoms with Gasteiger partial charge in [-0.1, -0.05) is 17.4 Å². The molecule has 13 nitrogen and oxygen atoms in total. The van der Waals surface area contributed by atoms with Crippen molar-refractivity contribution in [1.82, 2.24) is 4.57 Å². The summed E-state index contributed by atoms with van der Waals surface area (Å²) in [4.78, 5) is 55.0. The van der Waals surface area contributed by atoms with E-state index in [1.807, 2.05) is 0 Å². The lowest BCUT2D eigenvalue weighted by atomic mass is 9.95. The maximum Gasteiger partial charge on any atom is 0.343 e. The van der Waals surface area contributed by atoms with Gasteiger partial charge in [-0.3, -0.25) is 9.36 Å². The van der Waals surface area contributed by atoms with Crippen LogP contribution < -0.4 is 33.8 Å². The summed E-state index contributed by atoms with van der Waals surface area (Å²) in [5.41, 5.74) is 1.21. The molecular weight excluding hydrogens is 688 g/mol. The highest BCUT2D eigenvalue weighted by Crippen LogP contribution is 2.38. The number of carbonyl (C=O) groups excluding carboxylic acids is 2. The lowest BCUT2D eigenvalue weighted by Gasteiger charge is -2.25. The van der Waals surface area contributed by atoms with Gasteiger partial charge in [0.05, 0.1) is 53.8 Å². The van der Waals surface area contributed by atoms with Gasteiger partial charge in [0.1, 0.15) is 0 Å². The third-order valence-electron chi connectivity index (χ3n) is 6.56. The van der Waals surface area contributed by atoms with E-state index in [2.05, 4.69) is 25.7 Å². The summed E-state index contributed by atoms with van der Waals surface area (Å²) in [7, 11) is 2.66. The van der Waals surface area contributed by atoms with Crippen LogP contribution in [0.4, 0.5) is 0 Å². The van der Waals surface area contributed by atoms with Crippen LogP contribution in [0.5, 0.6) is 23.0 Å². The Bertz CT molecular complexity index is 1880. The molecule has 46 heavy (non-hydrogen) atoms. The van der Waals surface area contributed by atoms with Crippen LogP contribution in [0.25, 0.3) is 6.08 Å². The lowest BCUT2D eigenvalue weighted by Crippen LogP contribution is -2.40. The normalized spacial score (nSPS) is 14.2. The molecule has 0 bridgehead atoms. The number of hydrogen-bond acceptors (Lipinski definition) is 12. The Hall–Kier alpha value is -4.63. The SMILES string of the molecule is CCOC(=O)C1=C(C)N=c2s/c(=C\c3cc(Br)c(OCC(=O)O)c(OC)c3)c(=O)n2[C@H]1c1ccc(OCC(=O)OC)c(OCC)c1. The van der Waals surface area contributed by atoms with E-state index in [1.54, 1.807) is 57.2 Å². The number of thiazole rings is 1. The number of benzene rings is 2. The smallest absolute Gasteiger partial charge is 0.343 e. The first kappa shape index (κ1) is 34.2. The molecule has 0 unspecified atom stereocenters. The first-order valence-electron chi connectivity index (χ1n) is 13.9. The number of ether oxygens (including phenoxy) is 6. The molecule has 1 atom stereocenters. The molecule has 244 valence electrons. The molecule has 4 rings (SSSR count). The number of rotatable bonds is 13. The molecule has 0 saturated heterocycles. The fourth-order valence-electron chi connectivity index (χ4n) is 4.63. The second kappa shape index (κ2) is 15.1. The topological polar surface area (TPSA) is 161 Å². The average Bonchev–Trinajstić information content (AvgIpc) is 3.32. The van der Waals surface area contributed by atoms with Crippen molar-refractivity contribution in [3.8, 4) is 23.0 Å². The number of allylic oxidation sites excluding steroid dienone is 1. The van der Waals surface area contributed by atoms with Crippen LogP contribution in [0.15, 0.2) is 55.9 Å². The summed E-state index contributed by atoms with van der Waals surface area (Å²) in [5, 5.41) is 9.01. The molecule has 0 aliphatic carbocycles. The Kier molecular flexibility index (Phi) is 11.2. The van der Waals surface area contributed by atoms with Crippen molar-refractivity contribution in [3.05, 3.63) is 76.9 Å². The maximum atomic E-state index is 14.1. The van der Waals surface area contributed by atoms with Gasteiger partial charge in [-0.2, -0.15) is 0 Å². The number of hydrogen-bond donors (Lipinski definition) is 1. The Morgan fingerprint density at radius 1 is 1.02 bits per heavy atom. The zero-order valence-electron chi connectivity index (χ0n) is 25.6. The summed E-state index contributed by atoms with van der Waals surface area (Å²) in [6, 6.07) is 7.25. The third-order valence-corrected chi connectivity index (χ3v) is 8.14. The zero-order chi connectivity index (χ0) is 33.5. The van der Waals surface area contributed by atoms with E-state index in [-0.39, 0.29) is 42.6 Å². The highest BCUT2D eigenvalue weighted by atomic mass is 79.9. The summed E-state index contributed by atoms with van der Waals surface area (Å²) in [6.45, 7) is 4.62. The van der Waals surface area contributed by atoms with Crippen molar-refractivity contribution in [1.29, 1.82) is 0 Å². The number of aliphatic carboxylic acids is 1. The lowest BCUT2D eigenvalue weighted by molar-refractivity contribution is -0.143. The van der Waals surface area contributed by atoms with E-state index < -0.39 is 36.1 Å². The number of esters is 2. The van der Waals surface area contributed by atoms with Crippen molar-refractivity contribution < 1.29 is 47.9 Å². The number of carboxylic acids is 1. The Labute approximate surface area is 275 Å². The second-order valence-electron chi connectivity index (χ2n) is 9.52. The van der Waals surface area contributed by atoms with Crippen molar-refractivity contribution in [2.45, 2.75) is 26.8 Å². The van der Waals surface area contributed by atoms with E-state index in [9.17, 15) is 19.2 Å². The Morgan fingerprint density at radius 3 is 2.43 bits per heavy atom. The summed E-state index contributed by atoms with van der Waals surface area (Å²) in [6.07, 6.45) is 1.63. The molecule has 2 aromatic carbocycles. The van der Waals surface area contributed by atoms with Crippen molar-refractivity contribution in [2.24, 2.45) is 4.99 Å². The molecule has 2 heterocycles. The van der Waals surface area contributed by atoms with Gasteiger partial charge in [0.25, 0.3) is 5.56 Å². The molecule has 1 aliphatic rings. The maximum absolute atomic E-state index is 14.1. The van der Waals surface area contributed by atoms with Gasteiger partial charge in [0.2, 0.25) is 0 Å². The van der Waals surface area contributed by atoms with Crippen molar-refractivity contribution >= 4 is 51.3 Å². The molecule has 0 amide bonds. The van der Waals surface area contributed by atoms with Crippen LogP contribution in [-0.4, -0.2) is 68.2 Å². The minimum Gasteiger partial charge on any atom is -0.493 e. The van der Waals surface area contributed by atoms with E-state index in [4.69, 9.17) is 28.8 Å². The Morgan fingerprint density at radius 2 is 1.78 bits per heavy atom. The average molecular weight is 720 g/mol.